The molecule has 2 heterocycles. The molecule has 5 rings (SSSR count). The number of methoxy groups -OCH3 is 1. The van der Waals surface area contributed by atoms with Crippen LogP contribution in [0.5, 0.6) is 11.5 Å². The van der Waals surface area contributed by atoms with Crippen LogP contribution in [0.3, 0.4) is 0 Å². The summed E-state index contributed by atoms with van der Waals surface area (Å²) in [6.45, 7) is 4.28. The molecule has 2 aromatic carbocycles. The van der Waals surface area contributed by atoms with Gasteiger partial charge in [0, 0.05) is 50.3 Å². The molecular formula is C29H33F3N2O6. The molecule has 2 atom stereocenters. The van der Waals surface area contributed by atoms with Crippen LogP contribution >= 0.6 is 0 Å². The third-order valence-corrected chi connectivity index (χ3v) is 7.84. The molecule has 1 fully saturated rings. The SMILES string of the molecule is CCOC(=O)N1CCN(Cc2c(C(F)(F)F)ccc3c2CCC3Oc2ccc3c(c2)OCC3CC(=O)OC)CC1. The Bertz CT molecular complexity index is 1260. The van der Waals surface area contributed by atoms with Gasteiger partial charge in [-0.25, -0.2) is 4.79 Å². The number of nitrogens with zero attached hydrogens (tertiary/aromatic N) is 2. The van der Waals surface area contributed by atoms with Gasteiger partial charge < -0.3 is 23.8 Å². The minimum Gasteiger partial charge on any atom is -0.492 e. The fraction of sp³-hybridized carbons (Fsp3) is 0.517. The monoisotopic (exact) mass is 562 g/mol. The van der Waals surface area contributed by atoms with E-state index in [1.54, 1.807) is 17.9 Å². The molecule has 0 radical (unpaired) electrons. The first-order chi connectivity index (χ1) is 19.2. The van der Waals surface area contributed by atoms with Crippen molar-refractivity contribution >= 4 is 12.1 Å². The molecule has 0 saturated carbocycles. The van der Waals surface area contributed by atoms with Crippen LogP contribution in [0.1, 0.15) is 59.6 Å². The average Bonchev–Trinajstić information content (AvgIpc) is 3.52. The Morgan fingerprint density at radius 3 is 2.52 bits per heavy atom. The maximum absolute atomic E-state index is 14.1. The van der Waals surface area contributed by atoms with E-state index in [1.807, 2.05) is 17.0 Å². The summed E-state index contributed by atoms with van der Waals surface area (Å²) in [5.74, 6) is 0.803. The van der Waals surface area contributed by atoms with Crippen molar-refractivity contribution in [3.05, 3.63) is 58.1 Å². The molecule has 11 heteroatoms. The number of rotatable bonds is 7. The first kappa shape index (κ1) is 28.1. The van der Waals surface area contributed by atoms with E-state index in [-0.39, 0.29) is 43.1 Å². The van der Waals surface area contributed by atoms with Crippen molar-refractivity contribution in [1.82, 2.24) is 9.80 Å². The lowest BCUT2D eigenvalue weighted by Gasteiger charge is -2.35. The fourth-order valence-corrected chi connectivity index (χ4v) is 5.78. The first-order valence-corrected chi connectivity index (χ1v) is 13.5. The summed E-state index contributed by atoms with van der Waals surface area (Å²) in [7, 11) is 1.35. The largest absolute Gasteiger partial charge is 0.492 e. The van der Waals surface area contributed by atoms with Crippen molar-refractivity contribution in [2.75, 3.05) is 46.5 Å². The predicted octanol–water partition coefficient (Wildman–Crippen LogP) is 5.08. The standard InChI is InChI=1S/C29H33F3N2O6/c1-3-38-28(36)34-12-10-33(11-13-34)16-23-21-7-9-25(22(21)6-8-24(23)29(30,31)32)40-19-4-5-20-18(14-27(35)37-2)17-39-26(20)15-19/h4-6,8,15,18,25H,3,7,9-14,16-17H2,1-2H3. The minimum atomic E-state index is -4.48. The van der Waals surface area contributed by atoms with Crippen molar-refractivity contribution < 1.29 is 41.7 Å². The van der Waals surface area contributed by atoms with Crippen molar-refractivity contribution in [2.45, 2.75) is 50.9 Å². The van der Waals surface area contributed by atoms with Crippen LogP contribution in [0.4, 0.5) is 18.0 Å². The van der Waals surface area contributed by atoms with Crippen molar-refractivity contribution in [3.63, 3.8) is 0 Å². The zero-order valence-corrected chi connectivity index (χ0v) is 22.6. The topological polar surface area (TPSA) is 77.5 Å². The molecule has 2 aromatic rings. The van der Waals surface area contributed by atoms with Crippen LogP contribution < -0.4 is 9.47 Å². The third-order valence-electron chi connectivity index (χ3n) is 7.84. The number of fused-ring (bicyclic) bond motifs is 2. The van der Waals surface area contributed by atoms with Crippen LogP contribution in [-0.2, 0) is 33.4 Å². The highest BCUT2D eigenvalue weighted by molar-refractivity contribution is 5.71. The number of esters is 1. The maximum atomic E-state index is 14.1. The van der Waals surface area contributed by atoms with Crippen molar-refractivity contribution in [1.29, 1.82) is 0 Å². The number of carbonyl (C=O) groups excluding carboxylic acids is 2. The van der Waals surface area contributed by atoms with E-state index >= 15 is 0 Å². The van der Waals surface area contributed by atoms with Crippen molar-refractivity contribution in [2.24, 2.45) is 0 Å². The maximum Gasteiger partial charge on any atom is 0.416 e. The third kappa shape index (κ3) is 5.84. The number of halogens is 3. The first-order valence-electron chi connectivity index (χ1n) is 13.5. The molecule has 0 spiro atoms. The number of benzene rings is 2. The summed E-state index contributed by atoms with van der Waals surface area (Å²) in [6.07, 6.45) is -4.00. The zero-order chi connectivity index (χ0) is 28.4. The Morgan fingerprint density at radius 2 is 1.82 bits per heavy atom. The highest BCUT2D eigenvalue weighted by Crippen LogP contribution is 2.44. The lowest BCUT2D eigenvalue weighted by molar-refractivity contribution is -0.141. The lowest BCUT2D eigenvalue weighted by atomic mass is 9.96. The second-order valence-corrected chi connectivity index (χ2v) is 10.3. The highest BCUT2D eigenvalue weighted by Gasteiger charge is 2.38. The van der Waals surface area contributed by atoms with E-state index in [2.05, 4.69) is 0 Å². The smallest absolute Gasteiger partial charge is 0.416 e. The molecule has 1 amide bonds. The zero-order valence-electron chi connectivity index (χ0n) is 22.6. The van der Waals surface area contributed by atoms with E-state index in [1.165, 1.54) is 13.2 Å². The van der Waals surface area contributed by atoms with E-state index < -0.39 is 17.8 Å². The van der Waals surface area contributed by atoms with Gasteiger partial charge in [-0.1, -0.05) is 12.1 Å². The van der Waals surface area contributed by atoms with Gasteiger partial charge in [0.2, 0.25) is 0 Å². The Kier molecular flexibility index (Phi) is 8.11. The van der Waals surface area contributed by atoms with E-state index in [0.717, 1.165) is 17.2 Å². The van der Waals surface area contributed by atoms with Crippen LogP contribution in [0.2, 0.25) is 0 Å². The van der Waals surface area contributed by atoms with Gasteiger partial charge >= 0.3 is 18.2 Å². The van der Waals surface area contributed by atoms with Crippen LogP contribution in [-0.4, -0.2) is 68.4 Å². The van der Waals surface area contributed by atoms with Gasteiger partial charge in [-0.15, -0.1) is 0 Å². The van der Waals surface area contributed by atoms with Gasteiger partial charge in [-0.05, 0) is 48.6 Å². The molecule has 1 saturated heterocycles. The Morgan fingerprint density at radius 1 is 1.07 bits per heavy atom. The Hall–Kier alpha value is -3.47. The van der Waals surface area contributed by atoms with Crippen LogP contribution in [0, 0.1) is 0 Å². The molecular weight excluding hydrogens is 529 g/mol. The van der Waals surface area contributed by atoms with Gasteiger partial charge in [0.15, 0.2) is 0 Å². The van der Waals surface area contributed by atoms with Gasteiger partial charge in [-0.3, -0.25) is 9.69 Å². The molecule has 1 aliphatic carbocycles. The number of hydrogen-bond donors (Lipinski definition) is 0. The number of amides is 1. The van der Waals surface area contributed by atoms with Gasteiger partial charge in [-0.2, -0.15) is 13.2 Å². The normalized spacial score (nSPS) is 20.5. The molecule has 40 heavy (non-hydrogen) atoms. The summed E-state index contributed by atoms with van der Waals surface area (Å²) in [5.41, 5.74) is 2.01. The van der Waals surface area contributed by atoms with Crippen molar-refractivity contribution in [3.8, 4) is 11.5 Å². The quantitative estimate of drug-likeness (QED) is 0.436. The lowest BCUT2D eigenvalue weighted by Crippen LogP contribution is -2.48. The fourth-order valence-electron chi connectivity index (χ4n) is 5.78. The number of ether oxygens (including phenoxy) is 4. The summed E-state index contributed by atoms with van der Waals surface area (Å²) in [6, 6.07) is 8.15. The second-order valence-electron chi connectivity index (χ2n) is 10.3. The molecule has 0 N–H and O–H groups in total. The summed E-state index contributed by atoms with van der Waals surface area (Å²) >= 11 is 0. The van der Waals surface area contributed by atoms with E-state index in [9.17, 15) is 22.8 Å². The van der Waals surface area contributed by atoms with E-state index in [4.69, 9.17) is 18.9 Å². The summed E-state index contributed by atoms with van der Waals surface area (Å²) in [4.78, 5) is 27.3. The second kappa shape index (κ2) is 11.6. The predicted molar refractivity (Wildman–Crippen MR) is 138 cm³/mol. The van der Waals surface area contributed by atoms with Gasteiger partial charge in [0.1, 0.15) is 17.6 Å². The van der Waals surface area contributed by atoms with Crippen LogP contribution in [0.25, 0.3) is 0 Å². The van der Waals surface area contributed by atoms with Gasteiger partial charge in [0.05, 0.1) is 32.3 Å². The van der Waals surface area contributed by atoms with Gasteiger partial charge in [0.25, 0.3) is 0 Å². The minimum absolute atomic E-state index is 0.0915. The number of alkyl halides is 3. The van der Waals surface area contributed by atoms with Crippen LogP contribution in [0.15, 0.2) is 30.3 Å². The number of hydrogen-bond acceptors (Lipinski definition) is 7. The number of piperazine rings is 1. The molecule has 2 unspecified atom stereocenters. The Labute approximate surface area is 230 Å². The number of carbonyl (C=O) groups is 2. The molecule has 0 aromatic heterocycles. The Balaban J connectivity index is 1.32. The summed E-state index contributed by atoms with van der Waals surface area (Å²) < 4.78 is 64.1. The van der Waals surface area contributed by atoms with E-state index in [0.29, 0.717) is 62.7 Å². The molecule has 2 aliphatic heterocycles. The average molecular weight is 563 g/mol. The molecule has 8 nitrogen and oxygen atoms in total. The molecule has 0 bridgehead atoms. The molecule has 3 aliphatic rings. The molecule has 216 valence electrons. The highest BCUT2D eigenvalue weighted by atomic mass is 19.4. The summed E-state index contributed by atoms with van der Waals surface area (Å²) in [5, 5.41) is 0.